The molecule has 0 bridgehead atoms. The Hall–Kier alpha value is -1.96. The van der Waals surface area contributed by atoms with Gasteiger partial charge in [-0.05, 0) is 31.4 Å². The molecule has 0 radical (unpaired) electrons. The van der Waals surface area contributed by atoms with Gasteiger partial charge in [0.1, 0.15) is 5.82 Å². The molecule has 0 aromatic carbocycles. The Kier molecular flexibility index (Phi) is 3.86. The van der Waals surface area contributed by atoms with Crippen molar-refractivity contribution in [2.45, 2.75) is 13.3 Å². The molecule has 0 aliphatic carbocycles. The zero-order chi connectivity index (χ0) is 15.7. The summed E-state index contributed by atoms with van der Waals surface area (Å²) in [6.07, 6.45) is 2.40. The second kappa shape index (κ2) is 5.68. The first-order valence-electron chi connectivity index (χ1n) is 7.12. The third-order valence-electron chi connectivity index (χ3n) is 3.77. The zero-order valence-corrected chi connectivity index (χ0v) is 13.4. The highest BCUT2D eigenvalue weighted by Crippen LogP contribution is 2.28. The number of hydrogen-bond acceptors (Lipinski definition) is 7. The van der Waals surface area contributed by atoms with Gasteiger partial charge in [-0.2, -0.15) is 4.98 Å². The van der Waals surface area contributed by atoms with Gasteiger partial charge >= 0.3 is 0 Å². The molecular weight excluding hydrogens is 304 g/mol. The minimum atomic E-state index is -2.87. The molecule has 1 aliphatic rings. The summed E-state index contributed by atoms with van der Waals surface area (Å²) >= 11 is 0. The monoisotopic (exact) mass is 322 g/mol. The van der Waals surface area contributed by atoms with E-state index in [2.05, 4.69) is 15.1 Å². The van der Waals surface area contributed by atoms with Crippen LogP contribution >= 0.6 is 0 Å². The van der Waals surface area contributed by atoms with Crippen molar-refractivity contribution in [2.75, 3.05) is 30.0 Å². The van der Waals surface area contributed by atoms with E-state index in [1.807, 2.05) is 24.1 Å². The predicted octanol–water partition coefficient (Wildman–Crippen LogP) is 1.31. The largest absolute Gasteiger partial charge is 0.359 e. The van der Waals surface area contributed by atoms with Gasteiger partial charge in [0.25, 0.3) is 5.89 Å². The van der Waals surface area contributed by atoms with Gasteiger partial charge in [-0.1, -0.05) is 5.16 Å². The SMILES string of the molecule is Cc1noc(-c2cccnc2N(C)CC2CCS(=O)(=O)C2)n1. The fourth-order valence-electron chi connectivity index (χ4n) is 2.76. The summed E-state index contributed by atoms with van der Waals surface area (Å²) in [6, 6.07) is 3.68. The van der Waals surface area contributed by atoms with E-state index >= 15 is 0 Å². The highest BCUT2D eigenvalue weighted by atomic mass is 32.2. The number of aryl methyl sites for hydroxylation is 1. The molecule has 118 valence electrons. The average Bonchev–Trinajstić information content (AvgIpc) is 3.04. The first kappa shape index (κ1) is 15.0. The number of hydrogen-bond donors (Lipinski definition) is 0. The Morgan fingerprint density at radius 1 is 1.45 bits per heavy atom. The number of anilines is 1. The lowest BCUT2D eigenvalue weighted by molar-refractivity contribution is 0.425. The Bertz CT molecular complexity index is 772. The van der Waals surface area contributed by atoms with Crippen molar-refractivity contribution in [3.63, 3.8) is 0 Å². The van der Waals surface area contributed by atoms with E-state index in [-0.39, 0.29) is 17.4 Å². The van der Waals surface area contributed by atoms with E-state index in [4.69, 9.17) is 4.52 Å². The summed E-state index contributed by atoms with van der Waals surface area (Å²) in [5.41, 5.74) is 0.756. The molecule has 2 aromatic heterocycles. The molecule has 0 saturated carbocycles. The molecule has 0 spiro atoms. The maximum absolute atomic E-state index is 11.6. The smallest absolute Gasteiger partial charge is 0.261 e. The third-order valence-corrected chi connectivity index (χ3v) is 5.60. The highest BCUT2D eigenvalue weighted by molar-refractivity contribution is 7.91. The topological polar surface area (TPSA) is 89.2 Å². The number of sulfone groups is 1. The van der Waals surface area contributed by atoms with E-state index in [1.165, 1.54) is 0 Å². The second-order valence-corrected chi connectivity index (χ2v) is 7.90. The highest BCUT2D eigenvalue weighted by Gasteiger charge is 2.29. The number of nitrogens with zero attached hydrogens (tertiary/aromatic N) is 4. The summed E-state index contributed by atoms with van der Waals surface area (Å²) in [6.45, 7) is 2.40. The molecule has 1 fully saturated rings. The van der Waals surface area contributed by atoms with Crippen molar-refractivity contribution in [2.24, 2.45) is 5.92 Å². The summed E-state index contributed by atoms with van der Waals surface area (Å²) in [5, 5.41) is 3.80. The van der Waals surface area contributed by atoms with Crippen LogP contribution in [0.5, 0.6) is 0 Å². The molecule has 0 N–H and O–H groups in total. The fourth-order valence-corrected chi connectivity index (χ4v) is 4.61. The molecule has 1 aliphatic heterocycles. The van der Waals surface area contributed by atoms with Crippen LogP contribution in [0.4, 0.5) is 5.82 Å². The van der Waals surface area contributed by atoms with Crippen LogP contribution in [0.25, 0.3) is 11.5 Å². The average molecular weight is 322 g/mol. The Morgan fingerprint density at radius 3 is 2.91 bits per heavy atom. The summed E-state index contributed by atoms with van der Waals surface area (Å²) in [5.74, 6) is 2.37. The minimum absolute atomic E-state index is 0.134. The minimum Gasteiger partial charge on any atom is -0.359 e. The van der Waals surface area contributed by atoms with Gasteiger partial charge in [0.2, 0.25) is 0 Å². The van der Waals surface area contributed by atoms with Crippen LogP contribution in [-0.2, 0) is 9.84 Å². The van der Waals surface area contributed by atoms with Crippen molar-refractivity contribution in [3.8, 4) is 11.5 Å². The van der Waals surface area contributed by atoms with Crippen LogP contribution in [0.3, 0.4) is 0 Å². The van der Waals surface area contributed by atoms with E-state index < -0.39 is 9.84 Å². The van der Waals surface area contributed by atoms with Gasteiger partial charge in [0.15, 0.2) is 15.7 Å². The Labute approximate surface area is 129 Å². The molecule has 8 heteroatoms. The van der Waals surface area contributed by atoms with Crippen molar-refractivity contribution < 1.29 is 12.9 Å². The predicted molar refractivity (Wildman–Crippen MR) is 82.3 cm³/mol. The van der Waals surface area contributed by atoms with Crippen molar-refractivity contribution >= 4 is 15.7 Å². The van der Waals surface area contributed by atoms with E-state index in [9.17, 15) is 8.42 Å². The van der Waals surface area contributed by atoms with E-state index in [0.29, 0.717) is 24.7 Å². The van der Waals surface area contributed by atoms with E-state index in [1.54, 1.807) is 13.1 Å². The van der Waals surface area contributed by atoms with Crippen LogP contribution < -0.4 is 4.90 Å². The molecule has 1 atom stereocenters. The maximum Gasteiger partial charge on any atom is 0.261 e. The normalized spacial score (nSPS) is 20.2. The molecule has 0 amide bonds. The van der Waals surface area contributed by atoms with Gasteiger partial charge in [-0.3, -0.25) is 0 Å². The fraction of sp³-hybridized carbons (Fsp3) is 0.500. The van der Waals surface area contributed by atoms with Crippen molar-refractivity contribution in [1.82, 2.24) is 15.1 Å². The van der Waals surface area contributed by atoms with Gasteiger partial charge in [-0.15, -0.1) is 0 Å². The van der Waals surface area contributed by atoms with Crippen LogP contribution in [-0.4, -0.2) is 48.6 Å². The molecule has 22 heavy (non-hydrogen) atoms. The first-order valence-corrected chi connectivity index (χ1v) is 8.94. The quantitative estimate of drug-likeness (QED) is 0.838. The second-order valence-electron chi connectivity index (χ2n) is 5.67. The maximum atomic E-state index is 11.6. The van der Waals surface area contributed by atoms with Gasteiger partial charge in [0, 0.05) is 19.8 Å². The molecule has 2 aromatic rings. The molecular formula is C14H18N4O3S. The van der Waals surface area contributed by atoms with Crippen LogP contribution in [0, 0.1) is 12.8 Å². The lowest BCUT2D eigenvalue weighted by atomic mass is 10.1. The lowest BCUT2D eigenvalue weighted by Gasteiger charge is -2.22. The van der Waals surface area contributed by atoms with Crippen LogP contribution in [0.15, 0.2) is 22.9 Å². The molecule has 1 saturated heterocycles. The first-order chi connectivity index (χ1) is 10.4. The standard InChI is InChI=1S/C14H18N4O3S/c1-10-16-14(21-17-10)12-4-3-6-15-13(12)18(2)8-11-5-7-22(19,20)9-11/h3-4,6,11H,5,7-9H2,1-2H3. The van der Waals surface area contributed by atoms with Crippen molar-refractivity contribution in [3.05, 3.63) is 24.2 Å². The van der Waals surface area contributed by atoms with Gasteiger partial charge in [0.05, 0.1) is 17.1 Å². The Balaban J connectivity index is 1.82. The molecule has 3 rings (SSSR count). The van der Waals surface area contributed by atoms with Gasteiger partial charge in [-0.25, -0.2) is 13.4 Å². The molecule has 7 nitrogen and oxygen atoms in total. The third kappa shape index (κ3) is 3.11. The molecule has 1 unspecified atom stereocenters. The number of rotatable bonds is 4. The van der Waals surface area contributed by atoms with E-state index in [0.717, 1.165) is 11.4 Å². The molecule has 3 heterocycles. The van der Waals surface area contributed by atoms with Crippen LogP contribution in [0.2, 0.25) is 0 Å². The summed E-state index contributed by atoms with van der Waals surface area (Å²) in [4.78, 5) is 10.6. The van der Waals surface area contributed by atoms with Crippen molar-refractivity contribution in [1.29, 1.82) is 0 Å². The Morgan fingerprint density at radius 2 is 2.27 bits per heavy atom. The number of aromatic nitrogens is 3. The van der Waals surface area contributed by atoms with Gasteiger partial charge < -0.3 is 9.42 Å². The lowest BCUT2D eigenvalue weighted by Crippen LogP contribution is -2.27. The summed E-state index contributed by atoms with van der Waals surface area (Å²) in [7, 11) is -0.967. The number of pyridine rings is 1. The van der Waals surface area contributed by atoms with Crippen LogP contribution in [0.1, 0.15) is 12.2 Å². The summed E-state index contributed by atoms with van der Waals surface area (Å²) < 4.78 is 28.4. The zero-order valence-electron chi connectivity index (χ0n) is 12.6.